The number of esters is 1. The average molecular weight is 655 g/mol. The molecule has 0 saturated heterocycles. The first-order valence-electron chi connectivity index (χ1n) is 16.1. The SMILES string of the molecule is COC(=O)c1coc(-c2nc3oc2C24c5ccccc5NC2Oc2ccc(cc24)C[C@H](CC(=O)[C@@H](O)C(C)C)C(=O)N[C@H]3C(C)(C)C)n1. The van der Waals surface area contributed by atoms with Crippen molar-refractivity contribution in [3.8, 4) is 17.3 Å². The number of aliphatic hydroxyl groups is 1. The van der Waals surface area contributed by atoms with E-state index in [1.807, 2.05) is 63.2 Å². The maximum atomic E-state index is 14.2. The van der Waals surface area contributed by atoms with E-state index in [9.17, 15) is 19.5 Å². The van der Waals surface area contributed by atoms with Gasteiger partial charge in [0.25, 0.3) is 0 Å². The van der Waals surface area contributed by atoms with Gasteiger partial charge in [0.1, 0.15) is 29.6 Å². The van der Waals surface area contributed by atoms with E-state index < -0.39 is 46.9 Å². The second kappa shape index (κ2) is 11.3. The number of oxazole rings is 2. The Morgan fingerprint density at radius 2 is 1.88 bits per heavy atom. The number of ether oxygens (including phenoxy) is 2. The summed E-state index contributed by atoms with van der Waals surface area (Å²) in [4.78, 5) is 49.1. The van der Waals surface area contributed by atoms with Crippen LogP contribution in [-0.2, 0) is 26.2 Å². The van der Waals surface area contributed by atoms with Crippen LogP contribution < -0.4 is 15.4 Å². The highest BCUT2D eigenvalue weighted by Gasteiger charge is 2.61. The zero-order valence-electron chi connectivity index (χ0n) is 27.6. The van der Waals surface area contributed by atoms with Crippen molar-refractivity contribution in [3.05, 3.63) is 82.8 Å². The lowest BCUT2D eigenvalue weighted by Gasteiger charge is -2.32. The number of para-hydroxylation sites is 1. The number of nitrogens with one attached hydrogen (secondary N) is 2. The van der Waals surface area contributed by atoms with Crippen LogP contribution >= 0.6 is 0 Å². The smallest absolute Gasteiger partial charge is 0.360 e. The van der Waals surface area contributed by atoms with E-state index in [0.717, 1.165) is 22.4 Å². The Hall–Kier alpha value is -4.97. The molecule has 1 spiro atoms. The molecule has 2 aromatic carbocycles. The van der Waals surface area contributed by atoms with E-state index in [1.165, 1.54) is 13.4 Å². The zero-order valence-corrected chi connectivity index (χ0v) is 27.6. The van der Waals surface area contributed by atoms with E-state index in [-0.39, 0.29) is 47.8 Å². The minimum absolute atomic E-state index is 0.0301. The predicted octanol–water partition coefficient (Wildman–Crippen LogP) is 4.95. The van der Waals surface area contributed by atoms with Crippen molar-refractivity contribution in [3.63, 3.8) is 0 Å². The molecule has 48 heavy (non-hydrogen) atoms. The van der Waals surface area contributed by atoms with E-state index in [1.54, 1.807) is 13.8 Å². The number of hydrogen-bond donors (Lipinski definition) is 3. The topological polar surface area (TPSA) is 166 Å². The molecule has 0 saturated carbocycles. The van der Waals surface area contributed by atoms with Gasteiger partial charge in [-0.25, -0.2) is 14.8 Å². The van der Waals surface area contributed by atoms with E-state index >= 15 is 0 Å². The first-order chi connectivity index (χ1) is 22.8. The molecule has 4 bridgehead atoms. The Kier molecular flexibility index (Phi) is 7.46. The fourth-order valence-corrected chi connectivity index (χ4v) is 6.99. The van der Waals surface area contributed by atoms with Crippen LogP contribution in [-0.4, -0.2) is 52.2 Å². The number of benzene rings is 2. The summed E-state index contributed by atoms with van der Waals surface area (Å²) in [6.45, 7) is 9.38. The fraction of sp³-hybridized carbons (Fsp3) is 0.417. The lowest BCUT2D eigenvalue weighted by Crippen LogP contribution is -2.42. The van der Waals surface area contributed by atoms with Gasteiger partial charge in [-0.3, -0.25) is 9.59 Å². The van der Waals surface area contributed by atoms with Crippen molar-refractivity contribution in [1.29, 1.82) is 0 Å². The van der Waals surface area contributed by atoms with Crippen molar-refractivity contribution in [2.75, 3.05) is 12.4 Å². The number of nitrogens with zero attached hydrogens (tertiary/aromatic N) is 2. The molecule has 12 nitrogen and oxygen atoms in total. The van der Waals surface area contributed by atoms with Gasteiger partial charge in [-0.1, -0.05) is 65.0 Å². The number of methoxy groups -OCH3 is 1. The molecule has 1 amide bonds. The fourth-order valence-electron chi connectivity index (χ4n) is 6.99. The first-order valence-corrected chi connectivity index (χ1v) is 16.1. The summed E-state index contributed by atoms with van der Waals surface area (Å²) in [5, 5.41) is 17.2. The number of carbonyl (C=O) groups is 3. The van der Waals surface area contributed by atoms with Gasteiger partial charge in [-0.2, -0.15) is 0 Å². The van der Waals surface area contributed by atoms with Gasteiger partial charge in [0.2, 0.25) is 17.7 Å². The molecule has 7 rings (SSSR count). The number of Topliss-reactive ketones (excluding diaryl/α,β-unsaturated/α-hetero) is 1. The van der Waals surface area contributed by atoms with Crippen molar-refractivity contribution >= 4 is 23.3 Å². The van der Waals surface area contributed by atoms with Crippen LogP contribution in [0.4, 0.5) is 5.69 Å². The summed E-state index contributed by atoms with van der Waals surface area (Å²) in [5.41, 5.74) is 1.76. The number of rotatable bonds is 6. The summed E-state index contributed by atoms with van der Waals surface area (Å²) in [5.74, 6) is -1.34. The lowest BCUT2D eigenvalue weighted by molar-refractivity contribution is -0.135. The number of aliphatic hydroxyl groups excluding tert-OH is 1. The number of hydrogen-bond acceptors (Lipinski definition) is 11. The van der Waals surface area contributed by atoms with Crippen LogP contribution in [0.5, 0.6) is 5.75 Å². The molecular formula is C36H38N4O8. The van der Waals surface area contributed by atoms with Crippen LogP contribution in [0.15, 0.2) is 57.6 Å². The quantitative estimate of drug-likeness (QED) is 0.241. The molecule has 3 aliphatic rings. The molecule has 3 N–H and O–H groups in total. The van der Waals surface area contributed by atoms with Crippen LogP contribution in [0.25, 0.3) is 11.6 Å². The molecule has 4 aromatic rings. The van der Waals surface area contributed by atoms with Gasteiger partial charge in [0.05, 0.1) is 7.11 Å². The lowest BCUT2D eigenvalue weighted by atomic mass is 9.72. The summed E-state index contributed by atoms with van der Waals surface area (Å²) in [6, 6.07) is 12.8. The van der Waals surface area contributed by atoms with E-state index in [0.29, 0.717) is 11.5 Å². The first kappa shape index (κ1) is 31.6. The minimum atomic E-state index is -1.19. The largest absolute Gasteiger partial charge is 0.469 e. The molecule has 0 aliphatic carbocycles. The van der Waals surface area contributed by atoms with Gasteiger partial charge >= 0.3 is 5.97 Å². The van der Waals surface area contributed by atoms with Crippen molar-refractivity contribution in [2.24, 2.45) is 17.3 Å². The number of carbonyl (C=O) groups excluding carboxylic acids is 3. The number of fused-ring (bicyclic) bond motifs is 4. The van der Waals surface area contributed by atoms with Crippen molar-refractivity contribution in [2.45, 2.75) is 71.2 Å². The van der Waals surface area contributed by atoms with Gasteiger partial charge in [0, 0.05) is 23.6 Å². The monoisotopic (exact) mass is 654 g/mol. The Morgan fingerprint density at radius 3 is 2.60 bits per heavy atom. The van der Waals surface area contributed by atoms with Gasteiger partial charge in [-0.15, -0.1) is 0 Å². The summed E-state index contributed by atoms with van der Waals surface area (Å²) >= 11 is 0. The number of ketones is 1. The molecule has 12 heteroatoms. The summed E-state index contributed by atoms with van der Waals surface area (Å²) < 4.78 is 24.1. The highest BCUT2D eigenvalue weighted by Crippen LogP contribution is 2.59. The van der Waals surface area contributed by atoms with Crippen LogP contribution in [0.1, 0.15) is 85.9 Å². The normalized spacial score (nSPS) is 23.2. The summed E-state index contributed by atoms with van der Waals surface area (Å²) in [6.07, 6.45) is -0.550. The van der Waals surface area contributed by atoms with E-state index in [4.69, 9.17) is 23.3 Å². The second-order valence-electron chi connectivity index (χ2n) is 14.2. The third kappa shape index (κ3) is 4.88. The van der Waals surface area contributed by atoms with Crippen LogP contribution in [0, 0.1) is 17.3 Å². The summed E-state index contributed by atoms with van der Waals surface area (Å²) in [7, 11) is 1.26. The third-order valence-corrected chi connectivity index (χ3v) is 9.51. The molecule has 2 unspecified atom stereocenters. The molecule has 2 aromatic heterocycles. The highest BCUT2D eigenvalue weighted by molar-refractivity contribution is 5.90. The van der Waals surface area contributed by atoms with E-state index in [2.05, 4.69) is 15.6 Å². The van der Waals surface area contributed by atoms with Crippen LogP contribution in [0.2, 0.25) is 0 Å². The Bertz CT molecular complexity index is 1940. The van der Waals surface area contributed by atoms with Crippen LogP contribution in [0.3, 0.4) is 0 Å². The zero-order chi connectivity index (χ0) is 34.1. The molecule has 250 valence electrons. The molecule has 0 fully saturated rings. The molecule has 5 atom stereocenters. The number of aromatic nitrogens is 2. The molecular weight excluding hydrogens is 616 g/mol. The highest BCUT2D eigenvalue weighted by atomic mass is 16.5. The Labute approximate surface area is 277 Å². The number of anilines is 1. The maximum Gasteiger partial charge on any atom is 0.360 e. The standard InChI is InChI=1S/C36H38N4O8/c1-17(2)27(42)24(41)15-19-13-18-11-12-25-21(14-18)36(20-9-7-8-10-22(20)38-34(36)47-25)29-26(31-37-23(16-46-31)33(44)45-6)39-32(48-29)28(35(3,4)5)40-30(19)43/h7-12,14,16-17,19,27-28,34,38,42H,13,15H2,1-6H3,(H,40,43)/t19-,27+,28-,34?,36?/m1/s1. The molecule has 0 radical (unpaired) electrons. The van der Waals surface area contributed by atoms with Gasteiger partial charge < -0.3 is 34.0 Å². The number of amides is 1. The van der Waals surface area contributed by atoms with Gasteiger partial charge in [0.15, 0.2) is 29.2 Å². The average Bonchev–Trinajstić information content (AvgIpc) is 3.82. The Balaban J connectivity index is 1.49. The second-order valence-corrected chi connectivity index (χ2v) is 14.2. The third-order valence-electron chi connectivity index (χ3n) is 9.51. The minimum Gasteiger partial charge on any atom is -0.469 e. The molecule has 5 heterocycles. The van der Waals surface area contributed by atoms with Crippen molar-refractivity contribution < 1.29 is 37.8 Å². The maximum absolute atomic E-state index is 14.2. The molecule has 3 aliphatic heterocycles. The Morgan fingerprint density at radius 1 is 1.10 bits per heavy atom. The van der Waals surface area contributed by atoms with Crippen molar-refractivity contribution in [1.82, 2.24) is 15.3 Å². The predicted molar refractivity (Wildman–Crippen MR) is 172 cm³/mol. The van der Waals surface area contributed by atoms with Gasteiger partial charge in [-0.05, 0) is 41.0 Å².